The highest BCUT2D eigenvalue weighted by atomic mass is 32.1. The molecule has 2 N–H and O–H groups in total. The lowest BCUT2D eigenvalue weighted by atomic mass is 10.0. The Hall–Kier alpha value is -2.61. The van der Waals surface area contributed by atoms with Crippen molar-refractivity contribution < 1.29 is 0 Å². The van der Waals surface area contributed by atoms with Gasteiger partial charge in [-0.25, -0.2) is 0 Å². The Morgan fingerprint density at radius 2 is 1.61 bits per heavy atom. The van der Waals surface area contributed by atoms with Crippen LogP contribution >= 0.6 is 12.2 Å². The van der Waals surface area contributed by atoms with Crippen molar-refractivity contribution >= 4 is 40.6 Å². The molecule has 0 spiro atoms. The van der Waals surface area contributed by atoms with E-state index in [1.54, 1.807) is 0 Å². The van der Waals surface area contributed by atoms with Gasteiger partial charge in [-0.15, -0.1) is 0 Å². The molecule has 0 amide bonds. The molecule has 1 aromatic carbocycles. The summed E-state index contributed by atoms with van der Waals surface area (Å²) in [4.78, 5) is 17.1. The van der Waals surface area contributed by atoms with Gasteiger partial charge in [0.15, 0.2) is 5.11 Å². The second-order valence-corrected chi connectivity index (χ2v) is 11.2. The average molecular weight is 508 g/mol. The molecule has 0 radical (unpaired) electrons. The topological polar surface area (TPSA) is 59.6 Å². The molecule has 36 heavy (non-hydrogen) atoms. The van der Waals surface area contributed by atoms with Crippen LogP contribution in [0.15, 0.2) is 30.3 Å². The quantitative estimate of drug-likeness (QED) is 0.519. The zero-order valence-electron chi connectivity index (χ0n) is 21.9. The predicted octanol–water partition coefficient (Wildman–Crippen LogP) is 5.18. The summed E-state index contributed by atoms with van der Waals surface area (Å²) in [5.41, 5.74) is 2.52. The Morgan fingerprint density at radius 1 is 0.889 bits per heavy atom. The van der Waals surface area contributed by atoms with E-state index < -0.39 is 0 Å². The summed E-state index contributed by atoms with van der Waals surface area (Å²) >= 11 is 5.65. The first kappa shape index (κ1) is 25.1. The van der Waals surface area contributed by atoms with Crippen LogP contribution < -0.4 is 25.3 Å². The molecule has 3 aliphatic rings. The number of anilines is 4. The first-order valence-corrected chi connectivity index (χ1v) is 14.3. The number of benzene rings is 1. The second-order valence-electron chi connectivity index (χ2n) is 10.8. The Balaban J connectivity index is 1.26. The lowest BCUT2D eigenvalue weighted by Gasteiger charge is -2.36. The molecule has 3 aliphatic heterocycles. The van der Waals surface area contributed by atoms with Gasteiger partial charge < -0.3 is 25.3 Å². The Labute approximate surface area is 221 Å². The van der Waals surface area contributed by atoms with Crippen molar-refractivity contribution in [3.8, 4) is 0 Å². The summed E-state index contributed by atoms with van der Waals surface area (Å²) in [5.74, 6) is 3.28. The highest BCUT2D eigenvalue weighted by molar-refractivity contribution is 7.80. The number of hydrogen-bond donors (Lipinski definition) is 2. The fraction of sp³-hybridized carbons (Fsp3) is 0.607. The molecule has 194 valence electrons. The fourth-order valence-corrected chi connectivity index (χ4v) is 5.91. The molecule has 1 aromatic heterocycles. The molecule has 7 nitrogen and oxygen atoms in total. The summed E-state index contributed by atoms with van der Waals surface area (Å²) in [6.45, 7) is 10.8. The molecule has 8 heteroatoms. The maximum Gasteiger partial charge on any atom is 0.232 e. The minimum absolute atomic E-state index is 0.489. The van der Waals surface area contributed by atoms with Crippen molar-refractivity contribution in [3.05, 3.63) is 35.9 Å². The first-order chi connectivity index (χ1) is 17.5. The van der Waals surface area contributed by atoms with Gasteiger partial charge >= 0.3 is 0 Å². The van der Waals surface area contributed by atoms with Gasteiger partial charge in [-0.2, -0.15) is 9.97 Å². The molecule has 3 fully saturated rings. The van der Waals surface area contributed by atoms with Crippen molar-refractivity contribution in [1.82, 2.24) is 15.3 Å². The van der Waals surface area contributed by atoms with Gasteiger partial charge in [0.1, 0.15) is 11.6 Å². The number of piperidine rings is 2. The molecule has 3 saturated heterocycles. The minimum Gasteiger partial charge on any atom is -0.372 e. The van der Waals surface area contributed by atoms with Crippen LogP contribution in [0.2, 0.25) is 0 Å². The molecule has 5 rings (SSSR count). The van der Waals surface area contributed by atoms with E-state index in [-0.39, 0.29) is 0 Å². The molecule has 0 saturated carbocycles. The van der Waals surface area contributed by atoms with Crippen LogP contribution in [0.5, 0.6) is 0 Å². The van der Waals surface area contributed by atoms with E-state index in [2.05, 4.69) is 69.5 Å². The molecular formula is C28H41N7S. The smallest absolute Gasteiger partial charge is 0.232 e. The van der Waals surface area contributed by atoms with E-state index in [1.165, 1.54) is 69.3 Å². The zero-order valence-corrected chi connectivity index (χ0v) is 22.7. The summed E-state index contributed by atoms with van der Waals surface area (Å²) in [6, 6.07) is 11.5. The van der Waals surface area contributed by atoms with Crippen LogP contribution in [0.4, 0.5) is 23.3 Å². The Kier molecular flexibility index (Phi) is 8.09. The predicted molar refractivity (Wildman–Crippen MR) is 154 cm³/mol. The molecule has 2 aromatic rings. The van der Waals surface area contributed by atoms with E-state index in [9.17, 15) is 0 Å². The monoisotopic (exact) mass is 507 g/mol. The highest BCUT2D eigenvalue weighted by Crippen LogP contribution is 2.29. The van der Waals surface area contributed by atoms with E-state index in [4.69, 9.17) is 22.2 Å². The average Bonchev–Trinajstić information content (AvgIpc) is 3.43. The number of aromatic nitrogens is 2. The number of nitrogens with one attached hydrogen (secondary N) is 2. The van der Waals surface area contributed by atoms with Gasteiger partial charge in [-0.3, -0.25) is 0 Å². The second kappa shape index (κ2) is 11.6. The van der Waals surface area contributed by atoms with E-state index in [0.29, 0.717) is 29.6 Å². The van der Waals surface area contributed by atoms with Gasteiger partial charge in [0.25, 0.3) is 0 Å². The molecule has 4 heterocycles. The largest absolute Gasteiger partial charge is 0.372 e. The van der Waals surface area contributed by atoms with E-state index in [0.717, 1.165) is 31.3 Å². The van der Waals surface area contributed by atoms with Gasteiger partial charge in [-0.1, -0.05) is 19.1 Å². The van der Waals surface area contributed by atoms with Gasteiger partial charge in [0.05, 0.1) is 0 Å². The maximum atomic E-state index is 5.65. The number of thiocarbonyl (C=S) groups is 1. The lowest BCUT2D eigenvalue weighted by molar-refractivity contribution is 0.444. The third-order valence-electron chi connectivity index (χ3n) is 7.86. The third-order valence-corrected chi connectivity index (χ3v) is 8.11. The number of hydrogen-bond acceptors (Lipinski definition) is 6. The van der Waals surface area contributed by atoms with Crippen LogP contribution in [-0.2, 0) is 6.54 Å². The first-order valence-electron chi connectivity index (χ1n) is 13.8. The summed E-state index contributed by atoms with van der Waals surface area (Å²) in [6.07, 6.45) is 8.79. The molecule has 0 aliphatic carbocycles. The lowest BCUT2D eigenvalue weighted by Crippen LogP contribution is -2.39. The summed E-state index contributed by atoms with van der Waals surface area (Å²) in [5, 5.41) is 7.20. The SMILES string of the molecule is CC1CCCN(c2cc(N3CCCCC3C)nc(NC(=S)NCc3ccc(N4CCCC4)cc3)n2)C1. The zero-order chi connectivity index (χ0) is 24.9. The van der Waals surface area contributed by atoms with Gasteiger partial charge in [-0.05, 0) is 87.7 Å². The summed E-state index contributed by atoms with van der Waals surface area (Å²) in [7, 11) is 0. The van der Waals surface area contributed by atoms with Crippen molar-refractivity contribution in [2.45, 2.75) is 71.4 Å². The Morgan fingerprint density at radius 3 is 2.36 bits per heavy atom. The van der Waals surface area contributed by atoms with Crippen LogP contribution in [0.1, 0.15) is 64.4 Å². The fourth-order valence-electron chi connectivity index (χ4n) is 5.75. The van der Waals surface area contributed by atoms with Gasteiger partial charge in [0, 0.05) is 57.1 Å². The standard InChI is InChI=1S/C28H41N7S/c1-21-8-7-16-34(20-21)25-18-26(35-17-4-3-9-22(35)2)31-27(30-25)32-28(36)29-19-23-10-12-24(13-11-23)33-14-5-6-15-33/h10-13,18,21-22H,3-9,14-17,19-20H2,1-2H3,(H2,29,30,31,32,36). The van der Waals surface area contributed by atoms with Crippen LogP contribution in [-0.4, -0.2) is 53.8 Å². The molecule has 2 unspecified atom stereocenters. The highest BCUT2D eigenvalue weighted by Gasteiger charge is 2.24. The van der Waals surface area contributed by atoms with Crippen LogP contribution in [0.25, 0.3) is 0 Å². The Bertz CT molecular complexity index is 1020. The van der Waals surface area contributed by atoms with Crippen molar-refractivity contribution in [1.29, 1.82) is 0 Å². The van der Waals surface area contributed by atoms with Crippen molar-refractivity contribution in [2.24, 2.45) is 5.92 Å². The van der Waals surface area contributed by atoms with Crippen molar-refractivity contribution in [2.75, 3.05) is 52.7 Å². The normalized spacial score (nSPS) is 22.6. The third kappa shape index (κ3) is 6.20. The number of nitrogens with zero attached hydrogens (tertiary/aromatic N) is 5. The van der Waals surface area contributed by atoms with E-state index >= 15 is 0 Å². The minimum atomic E-state index is 0.489. The van der Waals surface area contributed by atoms with Crippen LogP contribution in [0, 0.1) is 5.92 Å². The van der Waals surface area contributed by atoms with Crippen molar-refractivity contribution in [3.63, 3.8) is 0 Å². The summed E-state index contributed by atoms with van der Waals surface area (Å²) < 4.78 is 0. The van der Waals surface area contributed by atoms with Crippen LogP contribution in [0.3, 0.4) is 0 Å². The van der Waals surface area contributed by atoms with E-state index in [1.807, 2.05) is 0 Å². The molecule has 0 bridgehead atoms. The van der Waals surface area contributed by atoms with Gasteiger partial charge in [0.2, 0.25) is 5.95 Å². The number of rotatable bonds is 6. The molecule has 2 atom stereocenters. The molecular weight excluding hydrogens is 466 g/mol. The maximum absolute atomic E-state index is 5.65.